The summed E-state index contributed by atoms with van der Waals surface area (Å²) in [6.07, 6.45) is 1.65. The number of rotatable bonds is 2. The highest BCUT2D eigenvalue weighted by molar-refractivity contribution is 8.18. The molecule has 0 atom stereocenters. The van der Waals surface area contributed by atoms with Gasteiger partial charge in [0.25, 0.3) is 5.91 Å². The zero-order chi connectivity index (χ0) is 17.3. The molecule has 5 nitrogen and oxygen atoms in total. The van der Waals surface area contributed by atoms with E-state index in [1.807, 2.05) is 0 Å². The van der Waals surface area contributed by atoms with Gasteiger partial charge in [0.2, 0.25) is 0 Å². The highest BCUT2D eigenvalue weighted by Crippen LogP contribution is 2.34. The molecular formula is C17H13ClN2O3S. The standard InChI is InChI=1S/C17H13ClN2O3S/c1-20-16(23)15(9-10-2-7-13(21)14(22)8-10)24-17(20)19-12-5-3-11(18)4-6-12/h2-9,21-22H,1H3. The third-order valence-electron chi connectivity index (χ3n) is 3.35. The van der Waals surface area contributed by atoms with E-state index < -0.39 is 0 Å². The molecule has 2 aromatic carbocycles. The lowest BCUT2D eigenvalue weighted by Gasteiger charge is -2.07. The Balaban J connectivity index is 1.89. The van der Waals surface area contributed by atoms with Crippen molar-refractivity contribution in [2.45, 2.75) is 0 Å². The Hall–Kier alpha value is -2.44. The van der Waals surface area contributed by atoms with Crippen LogP contribution >= 0.6 is 23.4 Å². The minimum atomic E-state index is -0.233. The van der Waals surface area contributed by atoms with Crippen LogP contribution in [0.5, 0.6) is 11.5 Å². The number of aliphatic imine (C=N–C) groups is 1. The number of hydrogen-bond acceptors (Lipinski definition) is 5. The van der Waals surface area contributed by atoms with Crippen LogP contribution in [0.4, 0.5) is 5.69 Å². The molecular weight excluding hydrogens is 348 g/mol. The predicted molar refractivity (Wildman–Crippen MR) is 96.7 cm³/mol. The van der Waals surface area contributed by atoms with Crippen LogP contribution in [-0.4, -0.2) is 33.2 Å². The molecule has 2 N–H and O–H groups in total. The first kappa shape index (κ1) is 16.4. The molecule has 2 aromatic rings. The molecule has 1 aliphatic heterocycles. The van der Waals surface area contributed by atoms with Crippen LogP contribution in [0.1, 0.15) is 5.56 Å². The van der Waals surface area contributed by atoms with E-state index in [4.69, 9.17) is 11.6 Å². The lowest BCUT2D eigenvalue weighted by Crippen LogP contribution is -2.23. The lowest BCUT2D eigenvalue weighted by molar-refractivity contribution is -0.121. The SMILES string of the molecule is CN1C(=O)C(=Cc2ccc(O)c(O)c2)SC1=Nc1ccc(Cl)cc1. The number of amidine groups is 1. The van der Waals surface area contributed by atoms with Crippen molar-refractivity contribution in [3.05, 3.63) is 58.0 Å². The van der Waals surface area contributed by atoms with Crippen molar-refractivity contribution in [1.82, 2.24) is 4.90 Å². The maximum atomic E-state index is 12.3. The largest absolute Gasteiger partial charge is 0.504 e. The molecule has 0 bridgehead atoms. The lowest BCUT2D eigenvalue weighted by atomic mass is 10.2. The fourth-order valence-corrected chi connectivity index (χ4v) is 3.17. The van der Waals surface area contributed by atoms with Crippen molar-refractivity contribution in [1.29, 1.82) is 0 Å². The summed E-state index contributed by atoms with van der Waals surface area (Å²) in [6, 6.07) is 11.4. The van der Waals surface area contributed by atoms with E-state index in [0.717, 1.165) is 0 Å². The van der Waals surface area contributed by atoms with Gasteiger partial charge in [-0.3, -0.25) is 9.69 Å². The van der Waals surface area contributed by atoms with Crippen molar-refractivity contribution < 1.29 is 15.0 Å². The number of phenolic OH excluding ortho intramolecular Hbond substituents is 2. The summed E-state index contributed by atoms with van der Waals surface area (Å²) in [6.45, 7) is 0. The van der Waals surface area contributed by atoms with Crippen LogP contribution < -0.4 is 0 Å². The van der Waals surface area contributed by atoms with E-state index in [0.29, 0.717) is 26.3 Å². The van der Waals surface area contributed by atoms with Gasteiger partial charge in [0.1, 0.15) is 0 Å². The third kappa shape index (κ3) is 3.39. The first-order valence-electron chi connectivity index (χ1n) is 6.98. The van der Waals surface area contributed by atoms with Gasteiger partial charge in [-0.2, -0.15) is 0 Å². The van der Waals surface area contributed by atoms with Crippen molar-refractivity contribution in [2.75, 3.05) is 7.05 Å². The van der Waals surface area contributed by atoms with Crippen molar-refractivity contribution >= 4 is 46.2 Å². The number of thioether (sulfide) groups is 1. The zero-order valence-electron chi connectivity index (χ0n) is 12.6. The number of hydrogen-bond donors (Lipinski definition) is 2. The number of carbonyl (C=O) groups excluding carboxylic acids is 1. The number of nitrogens with zero attached hydrogens (tertiary/aromatic N) is 2. The van der Waals surface area contributed by atoms with Crippen LogP contribution in [0.25, 0.3) is 6.08 Å². The molecule has 3 rings (SSSR count). The molecule has 1 amide bonds. The number of likely N-dealkylation sites (N-methyl/N-ethyl adjacent to an activating group) is 1. The van der Waals surface area contributed by atoms with Crippen LogP contribution in [-0.2, 0) is 4.79 Å². The monoisotopic (exact) mass is 360 g/mol. The van der Waals surface area contributed by atoms with Gasteiger partial charge in [0.15, 0.2) is 16.7 Å². The number of amides is 1. The van der Waals surface area contributed by atoms with Gasteiger partial charge >= 0.3 is 0 Å². The van der Waals surface area contributed by atoms with E-state index in [-0.39, 0.29) is 17.4 Å². The Morgan fingerprint density at radius 3 is 2.50 bits per heavy atom. The minimum absolute atomic E-state index is 0.180. The van der Waals surface area contributed by atoms with Crippen molar-refractivity contribution in [3.63, 3.8) is 0 Å². The molecule has 0 spiro atoms. The molecule has 122 valence electrons. The number of benzene rings is 2. The molecule has 1 aliphatic rings. The molecule has 0 unspecified atom stereocenters. The number of phenols is 2. The molecule has 0 saturated carbocycles. The maximum absolute atomic E-state index is 12.3. The molecule has 24 heavy (non-hydrogen) atoms. The maximum Gasteiger partial charge on any atom is 0.266 e. The summed E-state index contributed by atoms with van der Waals surface area (Å²) >= 11 is 7.09. The molecule has 1 heterocycles. The second-order valence-corrected chi connectivity index (χ2v) is 6.54. The summed E-state index contributed by atoms with van der Waals surface area (Å²) < 4.78 is 0. The average molecular weight is 361 g/mol. The van der Waals surface area contributed by atoms with Gasteiger partial charge in [-0.1, -0.05) is 17.7 Å². The van der Waals surface area contributed by atoms with Crippen LogP contribution in [0, 0.1) is 0 Å². The summed E-state index contributed by atoms with van der Waals surface area (Å²) in [5.41, 5.74) is 1.31. The molecule has 0 aromatic heterocycles. The van der Waals surface area contributed by atoms with Crippen LogP contribution in [0.15, 0.2) is 52.4 Å². The normalized spacial score (nSPS) is 17.9. The Morgan fingerprint density at radius 2 is 1.83 bits per heavy atom. The Kier molecular flexibility index (Phi) is 4.51. The Labute approximate surface area is 147 Å². The highest BCUT2D eigenvalue weighted by atomic mass is 35.5. The van der Waals surface area contributed by atoms with Gasteiger partial charge in [-0.15, -0.1) is 0 Å². The molecule has 0 aliphatic carbocycles. The quantitative estimate of drug-likeness (QED) is 0.627. The predicted octanol–water partition coefficient (Wildman–Crippen LogP) is 3.99. The Morgan fingerprint density at radius 1 is 1.12 bits per heavy atom. The summed E-state index contributed by atoms with van der Waals surface area (Å²) in [4.78, 5) is 18.7. The average Bonchev–Trinajstić information content (AvgIpc) is 2.81. The van der Waals surface area contributed by atoms with E-state index in [1.165, 1.54) is 28.8 Å². The second-order valence-electron chi connectivity index (χ2n) is 5.09. The van der Waals surface area contributed by atoms with Crippen LogP contribution in [0.3, 0.4) is 0 Å². The van der Waals surface area contributed by atoms with Gasteiger partial charge in [-0.05, 0) is 59.8 Å². The van der Waals surface area contributed by atoms with Crippen molar-refractivity contribution in [2.24, 2.45) is 4.99 Å². The minimum Gasteiger partial charge on any atom is -0.504 e. The van der Waals surface area contributed by atoms with E-state index in [1.54, 1.807) is 43.5 Å². The third-order valence-corrected chi connectivity index (χ3v) is 4.66. The van der Waals surface area contributed by atoms with Gasteiger partial charge in [-0.25, -0.2) is 4.99 Å². The van der Waals surface area contributed by atoms with E-state index >= 15 is 0 Å². The van der Waals surface area contributed by atoms with Gasteiger partial charge in [0, 0.05) is 12.1 Å². The molecule has 1 fully saturated rings. The van der Waals surface area contributed by atoms with Gasteiger partial charge < -0.3 is 10.2 Å². The molecule has 7 heteroatoms. The van der Waals surface area contributed by atoms with E-state index in [9.17, 15) is 15.0 Å². The second kappa shape index (κ2) is 6.59. The smallest absolute Gasteiger partial charge is 0.266 e. The topological polar surface area (TPSA) is 73.1 Å². The Bertz CT molecular complexity index is 863. The van der Waals surface area contributed by atoms with Crippen LogP contribution in [0.2, 0.25) is 5.02 Å². The number of carbonyl (C=O) groups is 1. The summed E-state index contributed by atoms with van der Waals surface area (Å²) in [5, 5.41) is 20.1. The fourth-order valence-electron chi connectivity index (χ4n) is 2.06. The highest BCUT2D eigenvalue weighted by Gasteiger charge is 2.30. The molecule has 1 saturated heterocycles. The summed E-state index contributed by atoms with van der Waals surface area (Å²) in [5.74, 6) is -0.617. The van der Waals surface area contributed by atoms with Gasteiger partial charge in [0.05, 0.1) is 10.6 Å². The summed E-state index contributed by atoms with van der Waals surface area (Å²) in [7, 11) is 1.65. The van der Waals surface area contributed by atoms with E-state index in [2.05, 4.69) is 4.99 Å². The fraction of sp³-hybridized carbons (Fsp3) is 0.0588. The molecule has 0 radical (unpaired) electrons. The van der Waals surface area contributed by atoms with Crippen molar-refractivity contribution in [3.8, 4) is 11.5 Å². The first-order valence-corrected chi connectivity index (χ1v) is 8.17. The number of aromatic hydroxyl groups is 2. The zero-order valence-corrected chi connectivity index (χ0v) is 14.2. The number of halogens is 1. The first-order chi connectivity index (χ1) is 11.4.